The van der Waals surface area contributed by atoms with E-state index in [1.54, 1.807) is 41.8 Å². The summed E-state index contributed by atoms with van der Waals surface area (Å²) in [7, 11) is 0. The molecule has 1 aromatic carbocycles. The maximum absolute atomic E-state index is 12.2. The van der Waals surface area contributed by atoms with Gasteiger partial charge >= 0.3 is 0 Å². The van der Waals surface area contributed by atoms with Gasteiger partial charge in [0.05, 0.1) is 18.2 Å². The van der Waals surface area contributed by atoms with Crippen LogP contribution < -0.4 is 10.6 Å². The highest BCUT2D eigenvalue weighted by Crippen LogP contribution is 2.27. The van der Waals surface area contributed by atoms with Gasteiger partial charge in [0.1, 0.15) is 11.5 Å². The van der Waals surface area contributed by atoms with Crippen molar-refractivity contribution in [1.82, 2.24) is 10.3 Å². The van der Waals surface area contributed by atoms with Crippen LogP contribution >= 0.6 is 11.3 Å². The fraction of sp³-hybridized carbons (Fsp3) is 0.111. The SMILES string of the molecule is CC(=O)NCc1ccc(-c2csc(NC(=O)c3ccc(C#N)cc3)n2)o1. The van der Waals surface area contributed by atoms with Gasteiger partial charge in [0.15, 0.2) is 10.9 Å². The van der Waals surface area contributed by atoms with Gasteiger partial charge in [-0.25, -0.2) is 4.98 Å². The molecule has 3 aromatic rings. The van der Waals surface area contributed by atoms with Crippen LogP contribution in [0.1, 0.15) is 28.6 Å². The Morgan fingerprint density at radius 1 is 1.23 bits per heavy atom. The molecule has 7 nitrogen and oxygen atoms in total. The van der Waals surface area contributed by atoms with Crippen molar-refractivity contribution in [3.8, 4) is 17.5 Å². The summed E-state index contributed by atoms with van der Waals surface area (Å²) in [5, 5.41) is 16.4. The number of furan rings is 1. The lowest BCUT2D eigenvalue weighted by atomic mass is 10.1. The summed E-state index contributed by atoms with van der Waals surface area (Å²) >= 11 is 1.28. The Bertz CT molecular complexity index is 983. The molecule has 0 aliphatic heterocycles. The van der Waals surface area contributed by atoms with Crippen LogP contribution in [0.25, 0.3) is 11.5 Å². The van der Waals surface area contributed by atoms with Crippen molar-refractivity contribution in [2.45, 2.75) is 13.5 Å². The van der Waals surface area contributed by atoms with Crippen molar-refractivity contribution < 1.29 is 14.0 Å². The molecule has 0 unspecified atom stereocenters. The Morgan fingerprint density at radius 2 is 2.00 bits per heavy atom. The minimum atomic E-state index is -0.304. The smallest absolute Gasteiger partial charge is 0.257 e. The van der Waals surface area contributed by atoms with Crippen LogP contribution in [0.4, 0.5) is 5.13 Å². The number of hydrogen-bond donors (Lipinski definition) is 2. The van der Waals surface area contributed by atoms with E-state index in [2.05, 4.69) is 15.6 Å². The van der Waals surface area contributed by atoms with Crippen molar-refractivity contribution >= 4 is 28.3 Å². The molecular formula is C18H14N4O3S. The van der Waals surface area contributed by atoms with E-state index in [4.69, 9.17) is 9.68 Å². The molecule has 130 valence electrons. The highest BCUT2D eigenvalue weighted by Gasteiger charge is 2.12. The number of aromatic nitrogens is 1. The zero-order valence-corrected chi connectivity index (χ0v) is 14.6. The van der Waals surface area contributed by atoms with E-state index in [1.807, 2.05) is 6.07 Å². The average molecular weight is 366 g/mol. The van der Waals surface area contributed by atoms with E-state index >= 15 is 0 Å². The zero-order chi connectivity index (χ0) is 18.5. The topological polar surface area (TPSA) is 108 Å². The van der Waals surface area contributed by atoms with E-state index in [9.17, 15) is 9.59 Å². The number of carbonyl (C=O) groups is 2. The Labute approximate surface area is 153 Å². The molecule has 2 heterocycles. The number of thiazole rings is 1. The van der Waals surface area contributed by atoms with Crippen LogP contribution in [0.15, 0.2) is 46.2 Å². The Hall–Kier alpha value is -3.44. The van der Waals surface area contributed by atoms with Crippen molar-refractivity contribution in [1.29, 1.82) is 5.26 Å². The average Bonchev–Trinajstić information content (AvgIpc) is 3.29. The Morgan fingerprint density at radius 3 is 2.69 bits per heavy atom. The summed E-state index contributed by atoms with van der Waals surface area (Å²) in [5.41, 5.74) is 1.53. The molecule has 3 rings (SSSR count). The van der Waals surface area contributed by atoms with Gasteiger partial charge in [-0.2, -0.15) is 5.26 Å². The van der Waals surface area contributed by atoms with Crippen LogP contribution in [0.2, 0.25) is 0 Å². The van der Waals surface area contributed by atoms with Crippen LogP contribution in [0, 0.1) is 11.3 Å². The van der Waals surface area contributed by atoms with E-state index in [0.717, 1.165) is 0 Å². The van der Waals surface area contributed by atoms with Gasteiger partial charge in [0.25, 0.3) is 5.91 Å². The number of nitrogens with one attached hydrogen (secondary N) is 2. The van der Waals surface area contributed by atoms with Gasteiger partial charge in [0, 0.05) is 17.9 Å². The lowest BCUT2D eigenvalue weighted by molar-refractivity contribution is -0.119. The fourth-order valence-corrected chi connectivity index (χ4v) is 2.83. The number of nitrogens with zero attached hydrogens (tertiary/aromatic N) is 2. The van der Waals surface area contributed by atoms with Crippen LogP contribution in [0.5, 0.6) is 0 Å². The van der Waals surface area contributed by atoms with Gasteiger partial charge in [-0.05, 0) is 36.4 Å². The molecule has 26 heavy (non-hydrogen) atoms. The lowest BCUT2D eigenvalue weighted by Crippen LogP contribution is -2.18. The summed E-state index contributed by atoms with van der Waals surface area (Å²) < 4.78 is 5.63. The molecule has 2 amide bonds. The second kappa shape index (κ2) is 7.63. The number of nitriles is 1. The lowest BCUT2D eigenvalue weighted by Gasteiger charge is -2.01. The maximum atomic E-state index is 12.2. The van der Waals surface area contributed by atoms with Crippen LogP contribution in [-0.2, 0) is 11.3 Å². The highest BCUT2D eigenvalue weighted by atomic mass is 32.1. The second-order valence-corrected chi connectivity index (χ2v) is 6.21. The molecular weight excluding hydrogens is 352 g/mol. The molecule has 0 spiro atoms. The summed E-state index contributed by atoms with van der Waals surface area (Å²) in [5.74, 6) is 0.734. The number of hydrogen-bond acceptors (Lipinski definition) is 6. The number of carbonyl (C=O) groups excluding carboxylic acids is 2. The van der Waals surface area contributed by atoms with Gasteiger partial charge in [-0.3, -0.25) is 14.9 Å². The second-order valence-electron chi connectivity index (χ2n) is 5.36. The predicted octanol–water partition coefficient (Wildman–Crippen LogP) is 3.16. The zero-order valence-electron chi connectivity index (χ0n) is 13.8. The molecule has 0 saturated heterocycles. The van der Waals surface area contributed by atoms with Gasteiger partial charge in [0.2, 0.25) is 5.91 Å². The first-order valence-electron chi connectivity index (χ1n) is 7.65. The van der Waals surface area contributed by atoms with Gasteiger partial charge < -0.3 is 9.73 Å². The first-order chi connectivity index (χ1) is 12.5. The van der Waals surface area contributed by atoms with Crippen molar-refractivity contribution in [2.75, 3.05) is 5.32 Å². The third-order valence-electron chi connectivity index (χ3n) is 3.43. The number of rotatable bonds is 5. The Kier molecular flexibility index (Phi) is 5.10. The molecule has 0 atom stereocenters. The van der Waals surface area contributed by atoms with E-state index in [-0.39, 0.29) is 11.8 Å². The van der Waals surface area contributed by atoms with E-state index in [0.29, 0.717) is 40.0 Å². The summed E-state index contributed by atoms with van der Waals surface area (Å²) in [6, 6.07) is 11.9. The predicted molar refractivity (Wildman–Crippen MR) is 96.4 cm³/mol. The fourth-order valence-electron chi connectivity index (χ4n) is 2.13. The molecule has 8 heteroatoms. The van der Waals surface area contributed by atoms with Crippen LogP contribution in [0.3, 0.4) is 0 Å². The first kappa shape index (κ1) is 17.4. The minimum Gasteiger partial charge on any atom is -0.458 e. The van der Waals surface area contributed by atoms with Crippen LogP contribution in [-0.4, -0.2) is 16.8 Å². The number of anilines is 1. The highest BCUT2D eigenvalue weighted by molar-refractivity contribution is 7.14. The molecule has 2 N–H and O–H groups in total. The van der Waals surface area contributed by atoms with Gasteiger partial charge in [-0.15, -0.1) is 11.3 Å². The molecule has 0 saturated carbocycles. The number of amides is 2. The largest absolute Gasteiger partial charge is 0.458 e. The summed E-state index contributed by atoms with van der Waals surface area (Å²) in [6.45, 7) is 1.74. The van der Waals surface area contributed by atoms with Crippen molar-refractivity contribution in [3.63, 3.8) is 0 Å². The third-order valence-corrected chi connectivity index (χ3v) is 4.18. The van der Waals surface area contributed by atoms with Crippen molar-refractivity contribution in [3.05, 3.63) is 58.7 Å². The van der Waals surface area contributed by atoms with Gasteiger partial charge in [-0.1, -0.05) is 0 Å². The first-order valence-corrected chi connectivity index (χ1v) is 8.53. The molecule has 2 aromatic heterocycles. The Balaban J connectivity index is 1.66. The van der Waals surface area contributed by atoms with Crippen molar-refractivity contribution in [2.24, 2.45) is 0 Å². The molecule has 0 fully saturated rings. The standard InChI is InChI=1S/C18H14N4O3S/c1-11(23)20-9-14-6-7-16(25-14)15-10-26-18(21-15)22-17(24)13-4-2-12(8-19)3-5-13/h2-7,10H,9H2,1H3,(H,20,23)(H,21,22,24). The molecule has 0 bridgehead atoms. The molecule has 0 aliphatic rings. The van der Waals surface area contributed by atoms with E-state index < -0.39 is 0 Å². The monoisotopic (exact) mass is 366 g/mol. The quantitative estimate of drug-likeness (QED) is 0.721. The third kappa shape index (κ3) is 4.15. The molecule has 0 radical (unpaired) electrons. The number of benzene rings is 1. The molecule has 0 aliphatic carbocycles. The normalized spacial score (nSPS) is 10.2. The minimum absolute atomic E-state index is 0.135. The summed E-state index contributed by atoms with van der Waals surface area (Å²) in [4.78, 5) is 27.5. The maximum Gasteiger partial charge on any atom is 0.257 e. The summed E-state index contributed by atoms with van der Waals surface area (Å²) in [6.07, 6.45) is 0. The van der Waals surface area contributed by atoms with E-state index in [1.165, 1.54) is 18.3 Å².